The zero-order chi connectivity index (χ0) is 20.0. The summed E-state index contributed by atoms with van der Waals surface area (Å²) in [5.41, 5.74) is -0.0766. The van der Waals surface area contributed by atoms with Gasteiger partial charge in [-0.1, -0.05) is 6.07 Å². The predicted octanol–water partition coefficient (Wildman–Crippen LogP) is 2.98. The summed E-state index contributed by atoms with van der Waals surface area (Å²) in [5, 5.41) is 5.08. The summed E-state index contributed by atoms with van der Waals surface area (Å²) in [7, 11) is 0. The highest BCUT2D eigenvalue weighted by atomic mass is 32.1. The van der Waals surface area contributed by atoms with Gasteiger partial charge in [0.1, 0.15) is 6.04 Å². The standard InChI is InChI=1S/C22H28N2O4S/c25-19(23-22-10-14-7-15(11-22)9-16(8-14)12-22)13-28-21(27)17-3-1-5-24(17)20(26)18-4-2-6-29-18/h2,4,6,14-17H,1,3,5,7-13H2,(H,23,25). The molecular formula is C22H28N2O4S. The Morgan fingerprint density at radius 3 is 2.45 bits per heavy atom. The third-order valence-electron chi connectivity index (χ3n) is 7.31. The summed E-state index contributed by atoms with van der Waals surface area (Å²) < 4.78 is 5.36. The van der Waals surface area contributed by atoms with Crippen molar-refractivity contribution in [3.8, 4) is 0 Å². The molecule has 1 atom stereocenters. The number of hydrogen-bond acceptors (Lipinski definition) is 5. The van der Waals surface area contributed by atoms with Crippen molar-refractivity contribution >= 4 is 29.1 Å². The summed E-state index contributed by atoms with van der Waals surface area (Å²) in [6, 6.07) is 3.01. The molecule has 2 heterocycles. The molecule has 7 heteroatoms. The lowest BCUT2D eigenvalue weighted by molar-refractivity contribution is -0.153. The van der Waals surface area contributed by atoms with E-state index < -0.39 is 12.0 Å². The summed E-state index contributed by atoms with van der Waals surface area (Å²) >= 11 is 1.37. The number of carbonyl (C=O) groups excluding carboxylic acids is 3. The minimum Gasteiger partial charge on any atom is -0.454 e. The number of amides is 2. The maximum Gasteiger partial charge on any atom is 0.329 e. The Bertz CT molecular complexity index is 770. The van der Waals surface area contributed by atoms with Gasteiger partial charge in [0.2, 0.25) is 0 Å². The fourth-order valence-corrected chi connectivity index (χ4v) is 7.30. The van der Waals surface area contributed by atoms with Crippen molar-refractivity contribution in [2.75, 3.05) is 13.2 Å². The van der Waals surface area contributed by atoms with Crippen LogP contribution < -0.4 is 5.32 Å². The molecule has 1 aromatic rings. The fraction of sp³-hybridized carbons (Fsp3) is 0.682. The van der Waals surface area contributed by atoms with Gasteiger partial charge in [0.25, 0.3) is 11.8 Å². The fourth-order valence-electron chi connectivity index (χ4n) is 6.63. The van der Waals surface area contributed by atoms with Crippen LogP contribution in [0.1, 0.15) is 61.0 Å². The molecule has 6 rings (SSSR count). The number of hydrogen-bond donors (Lipinski definition) is 1. The molecule has 5 fully saturated rings. The Balaban J connectivity index is 1.15. The van der Waals surface area contributed by atoms with E-state index in [9.17, 15) is 14.4 Å². The number of nitrogens with zero attached hydrogens (tertiary/aromatic N) is 1. The quantitative estimate of drug-likeness (QED) is 0.749. The molecule has 1 aromatic heterocycles. The number of ether oxygens (including phenoxy) is 1. The second-order valence-corrected chi connectivity index (χ2v) is 10.4. The minimum atomic E-state index is -0.586. The van der Waals surface area contributed by atoms with E-state index in [1.807, 2.05) is 11.4 Å². The molecular weight excluding hydrogens is 388 g/mol. The van der Waals surface area contributed by atoms with Crippen LogP contribution in [0.3, 0.4) is 0 Å². The molecule has 2 amide bonds. The van der Waals surface area contributed by atoms with Crippen molar-refractivity contribution in [3.63, 3.8) is 0 Å². The van der Waals surface area contributed by atoms with Crippen LogP contribution in [-0.2, 0) is 14.3 Å². The lowest BCUT2D eigenvalue weighted by atomic mass is 9.53. The van der Waals surface area contributed by atoms with Crippen molar-refractivity contribution in [2.24, 2.45) is 17.8 Å². The zero-order valence-electron chi connectivity index (χ0n) is 16.6. The highest BCUT2D eigenvalue weighted by Crippen LogP contribution is 2.55. The van der Waals surface area contributed by atoms with Crippen molar-refractivity contribution in [1.82, 2.24) is 10.2 Å². The minimum absolute atomic E-state index is 0.0766. The molecule has 29 heavy (non-hydrogen) atoms. The van der Waals surface area contributed by atoms with Crippen LogP contribution in [0, 0.1) is 17.8 Å². The van der Waals surface area contributed by atoms with Crippen LogP contribution in [0.25, 0.3) is 0 Å². The van der Waals surface area contributed by atoms with E-state index in [4.69, 9.17) is 4.74 Å². The van der Waals surface area contributed by atoms with Gasteiger partial charge in [0, 0.05) is 12.1 Å². The molecule has 4 aliphatic carbocycles. The molecule has 4 bridgehead atoms. The molecule has 4 saturated carbocycles. The second kappa shape index (κ2) is 7.42. The van der Waals surface area contributed by atoms with Crippen molar-refractivity contribution in [2.45, 2.75) is 62.9 Å². The molecule has 0 radical (unpaired) electrons. The van der Waals surface area contributed by atoms with Gasteiger partial charge >= 0.3 is 5.97 Å². The summed E-state index contributed by atoms with van der Waals surface area (Å²) in [6.07, 6.45) is 8.54. The first-order valence-corrected chi connectivity index (χ1v) is 11.7. The predicted molar refractivity (Wildman–Crippen MR) is 108 cm³/mol. The van der Waals surface area contributed by atoms with Gasteiger partial charge in [0.15, 0.2) is 6.61 Å². The van der Waals surface area contributed by atoms with Crippen molar-refractivity contribution in [1.29, 1.82) is 0 Å². The van der Waals surface area contributed by atoms with E-state index in [1.165, 1.54) is 30.6 Å². The molecule has 0 aromatic carbocycles. The monoisotopic (exact) mass is 416 g/mol. The maximum atomic E-state index is 12.6. The first kappa shape index (κ1) is 19.1. The third-order valence-corrected chi connectivity index (χ3v) is 8.16. The Labute approximate surface area is 175 Å². The first-order valence-electron chi connectivity index (χ1n) is 10.8. The van der Waals surface area contributed by atoms with Gasteiger partial charge in [-0.25, -0.2) is 4.79 Å². The van der Waals surface area contributed by atoms with E-state index in [2.05, 4.69) is 5.32 Å². The van der Waals surface area contributed by atoms with Crippen LogP contribution in [0.4, 0.5) is 0 Å². The van der Waals surface area contributed by atoms with Crippen LogP contribution in [0.5, 0.6) is 0 Å². The Kier molecular flexibility index (Phi) is 4.88. The number of nitrogens with one attached hydrogen (secondary N) is 1. The molecule has 1 saturated heterocycles. The Morgan fingerprint density at radius 2 is 1.83 bits per heavy atom. The van der Waals surface area contributed by atoms with E-state index in [1.54, 1.807) is 11.0 Å². The number of carbonyl (C=O) groups is 3. The Hall–Kier alpha value is -1.89. The van der Waals surface area contributed by atoms with E-state index >= 15 is 0 Å². The van der Waals surface area contributed by atoms with Crippen LogP contribution in [-0.4, -0.2) is 47.4 Å². The van der Waals surface area contributed by atoms with Gasteiger partial charge in [-0.2, -0.15) is 0 Å². The SMILES string of the molecule is O=C(COC(=O)C1CCCN1C(=O)c1cccs1)NC12CC3CC(CC(C3)C1)C2. The smallest absolute Gasteiger partial charge is 0.329 e. The van der Waals surface area contributed by atoms with E-state index in [0.29, 0.717) is 17.8 Å². The molecule has 1 unspecified atom stereocenters. The van der Waals surface area contributed by atoms with Crippen LogP contribution in [0.15, 0.2) is 17.5 Å². The average Bonchev–Trinajstić information content (AvgIpc) is 3.36. The number of thiophene rings is 1. The van der Waals surface area contributed by atoms with Crippen molar-refractivity contribution in [3.05, 3.63) is 22.4 Å². The second-order valence-electron chi connectivity index (χ2n) is 9.49. The number of rotatable bonds is 5. The van der Waals surface area contributed by atoms with E-state index in [0.717, 1.165) is 43.4 Å². The topological polar surface area (TPSA) is 75.7 Å². The summed E-state index contributed by atoms with van der Waals surface area (Å²) in [5.74, 6) is 1.46. The number of esters is 1. The highest BCUT2D eigenvalue weighted by molar-refractivity contribution is 7.12. The van der Waals surface area contributed by atoms with Gasteiger partial charge < -0.3 is 15.0 Å². The van der Waals surface area contributed by atoms with E-state index in [-0.39, 0.29) is 24.0 Å². The van der Waals surface area contributed by atoms with Crippen LogP contribution in [0.2, 0.25) is 0 Å². The summed E-state index contributed by atoms with van der Waals surface area (Å²) in [4.78, 5) is 40.0. The lowest BCUT2D eigenvalue weighted by Gasteiger charge is -2.56. The van der Waals surface area contributed by atoms with Gasteiger partial charge in [-0.3, -0.25) is 9.59 Å². The number of likely N-dealkylation sites (tertiary alicyclic amines) is 1. The molecule has 5 aliphatic rings. The zero-order valence-corrected chi connectivity index (χ0v) is 17.4. The molecule has 1 N–H and O–H groups in total. The van der Waals surface area contributed by atoms with Crippen LogP contribution >= 0.6 is 11.3 Å². The maximum absolute atomic E-state index is 12.6. The molecule has 0 spiro atoms. The average molecular weight is 417 g/mol. The molecule has 6 nitrogen and oxygen atoms in total. The molecule has 156 valence electrons. The first-order chi connectivity index (χ1) is 14.0. The molecule has 1 aliphatic heterocycles. The highest BCUT2D eigenvalue weighted by Gasteiger charge is 2.51. The van der Waals surface area contributed by atoms with Gasteiger partial charge in [0.05, 0.1) is 4.88 Å². The lowest BCUT2D eigenvalue weighted by Crippen LogP contribution is -2.60. The van der Waals surface area contributed by atoms with Gasteiger partial charge in [-0.15, -0.1) is 11.3 Å². The Morgan fingerprint density at radius 1 is 1.14 bits per heavy atom. The van der Waals surface area contributed by atoms with Crippen molar-refractivity contribution < 1.29 is 19.1 Å². The largest absolute Gasteiger partial charge is 0.454 e. The third kappa shape index (κ3) is 3.69. The van der Waals surface area contributed by atoms with Gasteiger partial charge in [-0.05, 0) is 80.6 Å². The normalized spacial score (nSPS) is 35.0. The summed E-state index contributed by atoms with van der Waals surface area (Å²) in [6.45, 7) is 0.300.